The van der Waals surface area contributed by atoms with Crippen LogP contribution in [0.25, 0.3) is 10.8 Å². The van der Waals surface area contributed by atoms with Gasteiger partial charge in [0.15, 0.2) is 0 Å². The topological polar surface area (TPSA) is 82.8 Å². The minimum atomic E-state index is -1.15. The van der Waals surface area contributed by atoms with Crippen LogP contribution in [0.4, 0.5) is 0 Å². The second-order valence-electron chi connectivity index (χ2n) is 11.3. The molecule has 8 atom stereocenters. The Balaban J connectivity index is 1.31. The highest BCUT2D eigenvalue weighted by Gasteiger charge is 2.68. The first-order valence-corrected chi connectivity index (χ1v) is 12.4. The maximum Gasteiger partial charge on any atom is 0.110 e. The molecule has 0 amide bonds. The van der Waals surface area contributed by atoms with Crippen molar-refractivity contribution < 1.29 is 20.1 Å². The van der Waals surface area contributed by atoms with E-state index in [1.165, 1.54) is 21.9 Å². The first kappa shape index (κ1) is 20.3. The number of fused-ring (bicyclic) bond motifs is 2. The van der Waals surface area contributed by atoms with Crippen molar-refractivity contribution in [2.45, 2.75) is 80.9 Å². The van der Waals surface area contributed by atoms with Gasteiger partial charge in [0, 0.05) is 24.2 Å². The molecule has 1 aromatic heterocycles. The second kappa shape index (κ2) is 6.54. The van der Waals surface area contributed by atoms with Gasteiger partial charge < -0.3 is 20.1 Å². The molecule has 2 aromatic rings. The first-order chi connectivity index (χ1) is 15.9. The number of ether oxygens (including phenoxy) is 1. The van der Waals surface area contributed by atoms with Crippen molar-refractivity contribution in [3.63, 3.8) is 0 Å². The molecule has 33 heavy (non-hydrogen) atoms. The summed E-state index contributed by atoms with van der Waals surface area (Å²) in [6.07, 6.45) is 10.3. The summed E-state index contributed by atoms with van der Waals surface area (Å²) in [7, 11) is 0. The summed E-state index contributed by atoms with van der Waals surface area (Å²) >= 11 is 0. The molecule has 2 bridgehead atoms. The summed E-state index contributed by atoms with van der Waals surface area (Å²) in [5.74, 6) is 0.840. The highest BCUT2D eigenvalue weighted by atomic mass is 16.5. The number of aliphatic hydroxyl groups is 3. The van der Waals surface area contributed by atoms with Gasteiger partial charge in [-0.05, 0) is 83.6 Å². The van der Waals surface area contributed by atoms with Gasteiger partial charge in [-0.3, -0.25) is 4.98 Å². The Morgan fingerprint density at radius 2 is 1.94 bits per heavy atom. The van der Waals surface area contributed by atoms with Crippen LogP contribution in [-0.2, 0) is 4.74 Å². The van der Waals surface area contributed by atoms with E-state index in [1.54, 1.807) is 0 Å². The molecule has 3 fully saturated rings. The predicted molar refractivity (Wildman–Crippen MR) is 125 cm³/mol. The van der Waals surface area contributed by atoms with Crippen molar-refractivity contribution in [3.8, 4) is 0 Å². The van der Waals surface area contributed by atoms with Crippen molar-refractivity contribution in [3.05, 3.63) is 65.5 Å². The number of aliphatic hydroxyl groups excluding tert-OH is 3. The van der Waals surface area contributed by atoms with Gasteiger partial charge in [-0.1, -0.05) is 31.2 Å². The third kappa shape index (κ3) is 2.49. The average Bonchev–Trinajstić information content (AvgIpc) is 3.33. The zero-order valence-corrected chi connectivity index (χ0v) is 18.9. The number of hydrogen-bond donors (Lipinski definition) is 3. The Bertz CT molecular complexity index is 1220. The van der Waals surface area contributed by atoms with Gasteiger partial charge in [-0.25, -0.2) is 0 Å². The molecule has 3 aliphatic carbocycles. The van der Waals surface area contributed by atoms with E-state index in [9.17, 15) is 15.3 Å². The number of hydrogen-bond acceptors (Lipinski definition) is 5. The lowest BCUT2D eigenvalue weighted by molar-refractivity contribution is -0.176. The zero-order valence-electron chi connectivity index (χ0n) is 18.9. The van der Waals surface area contributed by atoms with Gasteiger partial charge in [0.1, 0.15) is 12.2 Å². The fourth-order valence-corrected chi connectivity index (χ4v) is 8.30. The van der Waals surface area contributed by atoms with Gasteiger partial charge >= 0.3 is 0 Å². The van der Waals surface area contributed by atoms with Gasteiger partial charge in [0.2, 0.25) is 0 Å². The van der Waals surface area contributed by atoms with Gasteiger partial charge in [0.25, 0.3) is 0 Å². The van der Waals surface area contributed by atoms with E-state index >= 15 is 0 Å². The van der Waals surface area contributed by atoms with E-state index in [1.807, 2.05) is 12.4 Å². The van der Waals surface area contributed by atoms with Crippen molar-refractivity contribution in [1.29, 1.82) is 0 Å². The Labute approximate surface area is 193 Å². The predicted octanol–water partition coefficient (Wildman–Crippen LogP) is 3.78. The molecule has 2 saturated carbocycles. The van der Waals surface area contributed by atoms with Crippen molar-refractivity contribution in [2.24, 2.45) is 11.3 Å². The zero-order chi connectivity index (χ0) is 22.6. The third-order valence-electron chi connectivity index (χ3n) is 9.91. The van der Waals surface area contributed by atoms with Crippen LogP contribution in [-0.4, -0.2) is 49.8 Å². The van der Waals surface area contributed by atoms with E-state index in [0.717, 1.165) is 37.7 Å². The van der Waals surface area contributed by atoms with Crippen LogP contribution in [0.1, 0.15) is 56.9 Å². The molecule has 3 N–H and O–H groups in total. The smallest absolute Gasteiger partial charge is 0.110 e. The van der Waals surface area contributed by atoms with E-state index in [4.69, 9.17) is 4.74 Å². The minimum absolute atomic E-state index is 0.0850. The standard InChI is InChI=1S/C28H31NO4/c1-26-8-6-19-13-21-24(31)25(32)22(30)14-27(21)9-10-28(19,33-27)23(26)5-4-20(26)17-3-2-16-7-11-29-15-18(16)12-17/h2-3,6-7,11-13,15,20,22-25,30-32H,4-5,8-10,14H2,1H3/t20-,22+,23-,24-,25-,26-,27-,28?/m1/s1. The maximum absolute atomic E-state index is 10.8. The number of aromatic nitrogens is 1. The summed E-state index contributed by atoms with van der Waals surface area (Å²) in [6, 6.07) is 8.90. The number of allylic oxidation sites excluding steroid dienone is 1. The van der Waals surface area contributed by atoms with Crippen LogP contribution in [0.3, 0.4) is 0 Å². The molecule has 172 valence electrons. The van der Waals surface area contributed by atoms with Crippen molar-refractivity contribution >= 4 is 10.8 Å². The van der Waals surface area contributed by atoms with E-state index < -0.39 is 23.9 Å². The molecule has 5 aliphatic rings. The Hall–Kier alpha value is -2.05. The number of nitrogens with zero attached hydrogens (tertiary/aromatic N) is 1. The molecule has 5 nitrogen and oxygen atoms in total. The minimum Gasteiger partial charge on any atom is -0.390 e. The lowest BCUT2D eigenvalue weighted by atomic mass is 9.58. The Morgan fingerprint density at radius 1 is 1.06 bits per heavy atom. The number of pyridine rings is 1. The van der Waals surface area contributed by atoms with Crippen LogP contribution in [0, 0.1) is 11.3 Å². The van der Waals surface area contributed by atoms with Crippen molar-refractivity contribution in [1.82, 2.24) is 4.98 Å². The molecule has 7 rings (SSSR count). The fraction of sp³-hybridized carbons (Fsp3) is 0.536. The first-order valence-electron chi connectivity index (χ1n) is 12.4. The molecule has 1 saturated heterocycles. The van der Waals surface area contributed by atoms with Crippen LogP contribution in [0.15, 0.2) is 60.0 Å². The number of rotatable bonds is 1. The number of benzene rings is 1. The molecule has 5 heteroatoms. The summed E-state index contributed by atoms with van der Waals surface area (Å²) in [5.41, 5.74) is 2.41. The third-order valence-corrected chi connectivity index (χ3v) is 9.91. The second-order valence-corrected chi connectivity index (χ2v) is 11.3. The largest absolute Gasteiger partial charge is 0.390 e. The van der Waals surface area contributed by atoms with Crippen LogP contribution in [0.2, 0.25) is 0 Å². The summed E-state index contributed by atoms with van der Waals surface area (Å²) in [4.78, 5) is 4.32. The van der Waals surface area contributed by atoms with E-state index in [0.29, 0.717) is 18.3 Å². The maximum atomic E-state index is 10.8. The summed E-state index contributed by atoms with van der Waals surface area (Å²) < 4.78 is 7.03. The van der Waals surface area contributed by atoms with Gasteiger partial charge in [-0.2, -0.15) is 0 Å². The Kier molecular flexibility index (Phi) is 4.03. The van der Waals surface area contributed by atoms with Crippen molar-refractivity contribution in [2.75, 3.05) is 0 Å². The van der Waals surface area contributed by atoms with E-state index in [-0.39, 0.29) is 11.0 Å². The summed E-state index contributed by atoms with van der Waals surface area (Å²) in [6.45, 7) is 2.44. The molecule has 2 aliphatic heterocycles. The monoisotopic (exact) mass is 445 g/mol. The molecular formula is C28H31NO4. The average molecular weight is 446 g/mol. The Morgan fingerprint density at radius 3 is 2.82 bits per heavy atom. The molecule has 3 heterocycles. The lowest BCUT2D eigenvalue weighted by Crippen LogP contribution is -2.59. The van der Waals surface area contributed by atoms with E-state index in [2.05, 4.69) is 48.3 Å². The van der Waals surface area contributed by atoms with Crippen LogP contribution in [0.5, 0.6) is 0 Å². The molecule has 2 spiro atoms. The summed E-state index contributed by atoms with van der Waals surface area (Å²) in [5, 5.41) is 34.0. The molecule has 1 unspecified atom stereocenters. The lowest BCUT2D eigenvalue weighted by Gasteiger charge is -2.55. The highest BCUT2D eigenvalue weighted by Crippen LogP contribution is 2.69. The fourth-order valence-electron chi connectivity index (χ4n) is 8.30. The highest BCUT2D eigenvalue weighted by molar-refractivity contribution is 5.82. The van der Waals surface area contributed by atoms with Gasteiger partial charge in [0.05, 0.1) is 17.3 Å². The molecular weight excluding hydrogens is 414 g/mol. The molecule has 0 radical (unpaired) electrons. The van der Waals surface area contributed by atoms with Gasteiger partial charge in [-0.15, -0.1) is 0 Å². The van der Waals surface area contributed by atoms with Crippen LogP contribution >= 0.6 is 0 Å². The molecule has 1 aromatic carbocycles. The SMILES string of the molecule is C[C@]12CC=C3C=C4[C@@H](O)[C@H](O)[C@@H](O)C[C@]45CCC3(O5)[C@@H]1CC[C@@H]2c1ccc2ccncc2c1. The normalized spacial score (nSPS) is 45.8. The quantitative estimate of drug-likeness (QED) is 0.622. The van der Waals surface area contributed by atoms with Crippen LogP contribution < -0.4 is 0 Å².